The molecule has 0 bridgehead atoms. The Morgan fingerprint density at radius 1 is 1.08 bits per heavy atom. The molecule has 2 aliphatic rings. The molecule has 1 heterocycles. The number of benzene rings is 1. The van der Waals surface area contributed by atoms with Crippen LogP contribution in [0.15, 0.2) is 24.3 Å². The summed E-state index contributed by atoms with van der Waals surface area (Å²) in [6, 6.07) is 2.58. The molecule has 39 heavy (non-hydrogen) atoms. The Morgan fingerprint density at radius 2 is 1.69 bits per heavy atom. The zero-order chi connectivity index (χ0) is 28.8. The lowest BCUT2D eigenvalue weighted by Gasteiger charge is -2.39. The minimum Gasteiger partial charge on any atom is -0.344 e. The van der Waals surface area contributed by atoms with Gasteiger partial charge in [-0.05, 0) is 50.0 Å². The highest BCUT2D eigenvalue weighted by atomic mass is 31.2. The van der Waals surface area contributed by atoms with Crippen molar-refractivity contribution in [2.75, 3.05) is 6.54 Å². The fraction of sp³-hybridized carbons (Fsp3) is 0.667. The third-order valence-corrected chi connectivity index (χ3v) is 8.84. The molecule has 1 unspecified atom stereocenters. The van der Waals surface area contributed by atoms with E-state index in [1.54, 1.807) is 0 Å². The van der Waals surface area contributed by atoms with Gasteiger partial charge in [0.2, 0.25) is 17.7 Å². The first kappa shape index (κ1) is 31.2. The second-order valence-electron chi connectivity index (χ2n) is 10.7. The number of carbonyl (C=O) groups excluding carboxylic acids is 3. The van der Waals surface area contributed by atoms with E-state index in [4.69, 9.17) is 9.79 Å². The highest BCUT2D eigenvalue weighted by Gasteiger charge is 2.50. The first-order valence-corrected chi connectivity index (χ1v) is 15.4. The molecule has 1 aliphatic carbocycles. The Morgan fingerprint density at radius 3 is 2.26 bits per heavy atom. The maximum Gasteiger partial charge on any atom is 0.399 e. The Labute approximate surface area is 228 Å². The number of hydrogen-bond donors (Lipinski definition) is 4. The van der Waals surface area contributed by atoms with Gasteiger partial charge in [-0.15, -0.1) is 0 Å². The van der Waals surface area contributed by atoms with Crippen molar-refractivity contribution in [3.63, 3.8) is 0 Å². The van der Waals surface area contributed by atoms with Crippen molar-refractivity contribution in [2.24, 2.45) is 5.92 Å². The molecule has 1 aliphatic heterocycles. The van der Waals surface area contributed by atoms with E-state index < -0.39 is 42.7 Å². The monoisotopic (exact) mass is 571 g/mol. The van der Waals surface area contributed by atoms with Crippen LogP contribution in [0.1, 0.15) is 82.8 Å². The molecule has 3 rings (SSSR count). The average Bonchev–Trinajstić information content (AvgIpc) is 3.05. The van der Waals surface area contributed by atoms with Crippen molar-refractivity contribution in [3.8, 4) is 0 Å². The number of hydrogen-bond acceptors (Lipinski definition) is 4. The van der Waals surface area contributed by atoms with Crippen molar-refractivity contribution in [2.45, 2.75) is 102 Å². The van der Waals surface area contributed by atoms with Crippen LogP contribution < -0.4 is 10.6 Å². The van der Waals surface area contributed by atoms with Crippen LogP contribution in [0.3, 0.4) is 0 Å². The largest absolute Gasteiger partial charge is 0.399 e. The smallest absolute Gasteiger partial charge is 0.344 e. The predicted octanol–water partition coefficient (Wildman–Crippen LogP) is 3.82. The molecule has 0 aromatic heterocycles. The molecule has 12 heteroatoms. The number of halogens is 2. The Bertz CT molecular complexity index is 1060. The summed E-state index contributed by atoms with van der Waals surface area (Å²) in [5.74, 6) is -0.684. The lowest BCUT2D eigenvalue weighted by Crippen LogP contribution is -2.56. The quantitative estimate of drug-likeness (QED) is 0.316. The topological polar surface area (TPSA) is 136 Å². The zero-order valence-electron chi connectivity index (χ0n) is 22.6. The van der Waals surface area contributed by atoms with E-state index >= 15 is 0 Å². The summed E-state index contributed by atoms with van der Waals surface area (Å²) in [6.45, 7) is 4.00. The Hall–Kier alpha value is -2.36. The van der Waals surface area contributed by atoms with E-state index in [1.165, 1.54) is 38.3 Å². The van der Waals surface area contributed by atoms with Crippen LogP contribution in [0.5, 0.6) is 0 Å². The normalized spacial score (nSPS) is 21.1. The summed E-state index contributed by atoms with van der Waals surface area (Å²) in [7, 11) is -5.71. The fourth-order valence-corrected chi connectivity index (χ4v) is 6.31. The van der Waals surface area contributed by atoms with Crippen LogP contribution in [0, 0.1) is 5.92 Å². The lowest BCUT2D eigenvalue weighted by molar-refractivity contribution is -0.139. The van der Waals surface area contributed by atoms with Gasteiger partial charge in [0, 0.05) is 31.5 Å². The first-order chi connectivity index (χ1) is 18.3. The molecule has 218 valence electrons. The van der Waals surface area contributed by atoms with Gasteiger partial charge in [-0.3, -0.25) is 18.9 Å². The number of nitrogens with zero attached hydrogens (tertiary/aromatic N) is 1. The van der Waals surface area contributed by atoms with Crippen LogP contribution in [-0.2, 0) is 31.0 Å². The molecular formula is C27H40F2N3O6P. The second-order valence-corrected chi connectivity index (χ2v) is 12.4. The Kier molecular flexibility index (Phi) is 10.7. The summed E-state index contributed by atoms with van der Waals surface area (Å²) in [6.07, 6.45) is 8.65. The van der Waals surface area contributed by atoms with Gasteiger partial charge < -0.3 is 25.3 Å². The van der Waals surface area contributed by atoms with Gasteiger partial charge in [0.05, 0.1) is 0 Å². The first-order valence-electron chi connectivity index (χ1n) is 13.8. The minimum absolute atomic E-state index is 0.0581. The summed E-state index contributed by atoms with van der Waals surface area (Å²) in [5, 5.41) is 5.40. The molecule has 1 aromatic carbocycles. The second kappa shape index (κ2) is 13.3. The molecule has 1 saturated carbocycles. The summed E-state index contributed by atoms with van der Waals surface area (Å²) < 4.78 is 39.2. The van der Waals surface area contributed by atoms with Gasteiger partial charge in [-0.2, -0.15) is 8.78 Å². The molecule has 3 amide bonds. The molecular weight excluding hydrogens is 531 g/mol. The van der Waals surface area contributed by atoms with E-state index in [2.05, 4.69) is 17.6 Å². The van der Waals surface area contributed by atoms with Crippen molar-refractivity contribution in [3.05, 3.63) is 35.4 Å². The van der Waals surface area contributed by atoms with E-state index in [-0.39, 0.29) is 18.4 Å². The minimum atomic E-state index is -5.71. The van der Waals surface area contributed by atoms with Gasteiger partial charge in [-0.1, -0.05) is 50.5 Å². The van der Waals surface area contributed by atoms with E-state index in [9.17, 15) is 27.7 Å². The highest BCUT2D eigenvalue weighted by Crippen LogP contribution is 2.59. The van der Waals surface area contributed by atoms with E-state index in [0.29, 0.717) is 24.4 Å². The van der Waals surface area contributed by atoms with Gasteiger partial charge in [-0.25, -0.2) is 0 Å². The van der Waals surface area contributed by atoms with Crippen molar-refractivity contribution >= 4 is 25.3 Å². The van der Waals surface area contributed by atoms with Gasteiger partial charge in [0.25, 0.3) is 0 Å². The molecule has 1 aromatic rings. The average molecular weight is 572 g/mol. The number of alkyl halides is 2. The van der Waals surface area contributed by atoms with E-state index in [1.807, 2.05) is 4.90 Å². The van der Waals surface area contributed by atoms with Crippen LogP contribution in [0.4, 0.5) is 8.78 Å². The molecule has 4 N–H and O–H groups in total. The standard InChI is InChI=1S/C27H40F2N3O6P/c1-3-24(20-9-5-4-6-10-20)32-16-8-7-11-22(26(32)35)31-25(34)23(30-18(2)33)17-19-12-14-21(15-13-19)27(28,29)39(36,37)38/h12-15,20,22-24H,3-11,16-17H2,1-2H3,(H,30,33)(H,31,34)(H2,36,37,38)/t22-,23-,24?/m0/s1. The third-order valence-electron chi connectivity index (χ3n) is 7.85. The van der Waals surface area contributed by atoms with Crippen LogP contribution in [0.2, 0.25) is 0 Å². The molecule has 0 spiro atoms. The van der Waals surface area contributed by atoms with Crippen molar-refractivity contribution in [1.29, 1.82) is 0 Å². The van der Waals surface area contributed by atoms with Crippen LogP contribution in [0.25, 0.3) is 0 Å². The number of nitrogens with one attached hydrogen (secondary N) is 2. The van der Waals surface area contributed by atoms with Crippen LogP contribution in [-0.4, -0.2) is 57.1 Å². The SMILES string of the molecule is CCC(C1CCCCC1)N1CCCC[C@H](NC(=O)[C@H](Cc2ccc(C(F)(F)P(=O)(O)O)cc2)NC(C)=O)C1=O. The summed E-state index contributed by atoms with van der Waals surface area (Å²) >= 11 is 0. The number of carbonyl (C=O) groups is 3. The number of rotatable bonds is 10. The summed E-state index contributed by atoms with van der Waals surface area (Å²) in [4.78, 5) is 58.6. The molecule has 1 saturated heterocycles. The molecule has 0 radical (unpaired) electrons. The third kappa shape index (κ3) is 7.86. The summed E-state index contributed by atoms with van der Waals surface area (Å²) in [5.41, 5.74) is -4.81. The van der Waals surface area contributed by atoms with Crippen molar-refractivity contribution in [1.82, 2.24) is 15.5 Å². The molecule has 3 atom stereocenters. The van der Waals surface area contributed by atoms with Gasteiger partial charge in [0.1, 0.15) is 12.1 Å². The maximum absolute atomic E-state index is 14.0. The molecule has 2 fully saturated rings. The van der Waals surface area contributed by atoms with Gasteiger partial charge in [0.15, 0.2) is 0 Å². The predicted molar refractivity (Wildman–Crippen MR) is 142 cm³/mol. The number of amides is 3. The van der Waals surface area contributed by atoms with E-state index in [0.717, 1.165) is 44.2 Å². The molecule has 9 nitrogen and oxygen atoms in total. The van der Waals surface area contributed by atoms with Gasteiger partial charge >= 0.3 is 13.3 Å². The highest BCUT2D eigenvalue weighted by molar-refractivity contribution is 7.52. The fourth-order valence-electron chi connectivity index (χ4n) is 5.83. The zero-order valence-corrected chi connectivity index (χ0v) is 23.5. The number of likely N-dealkylation sites (tertiary alicyclic amines) is 1. The lowest BCUT2D eigenvalue weighted by atomic mass is 9.82. The van der Waals surface area contributed by atoms with Crippen LogP contribution >= 0.6 is 7.60 Å². The maximum atomic E-state index is 14.0. The Balaban J connectivity index is 1.73. The van der Waals surface area contributed by atoms with Crippen molar-refractivity contribution < 1.29 is 37.5 Å².